The van der Waals surface area contributed by atoms with Crippen LogP contribution in [0.5, 0.6) is 0 Å². The summed E-state index contributed by atoms with van der Waals surface area (Å²) in [5, 5.41) is 17.5. The number of nitrogens with zero attached hydrogens (tertiary/aromatic N) is 3. The van der Waals surface area contributed by atoms with Crippen molar-refractivity contribution in [3.63, 3.8) is 0 Å². The van der Waals surface area contributed by atoms with E-state index in [-0.39, 0.29) is 44.6 Å². The Morgan fingerprint density at radius 1 is 1.31 bits per heavy atom. The zero-order valence-electron chi connectivity index (χ0n) is 19.1. The van der Waals surface area contributed by atoms with E-state index in [0.29, 0.717) is 11.3 Å². The quantitative estimate of drug-likeness (QED) is 0.222. The average Bonchev–Trinajstić information content (AvgIpc) is 3.45. The number of thiophene rings is 1. The summed E-state index contributed by atoms with van der Waals surface area (Å²) in [4.78, 5) is 48.4. The second-order valence-corrected chi connectivity index (χ2v) is 9.29. The number of ether oxygens (including phenoxy) is 2. The molecule has 1 N–H and O–H groups in total. The second-order valence-electron chi connectivity index (χ2n) is 7.41. The molecule has 0 saturated carbocycles. The summed E-state index contributed by atoms with van der Waals surface area (Å²) in [6.07, 6.45) is 1.00. The van der Waals surface area contributed by atoms with Crippen LogP contribution < -0.4 is 5.32 Å². The van der Waals surface area contributed by atoms with Crippen molar-refractivity contribution >= 4 is 55.9 Å². The van der Waals surface area contributed by atoms with Gasteiger partial charge in [0.1, 0.15) is 26.7 Å². The molecule has 3 aromatic rings. The van der Waals surface area contributed by atoms with Gasteiger partial charge in [0, 0.05) is 0 Å². The van der Waals surface area contributed by atoms with Crippen molar-refractivity contribution in [2.45, 2.75) is 40.3 Å². The van der Waals surface area contributed by atoms with Gasteiger partial charge < -0.3 is 29.3 Å². The molecule has 35 heavy (non-hydrogen) atoms. The smallest absolute Gasteiger partial charge is 0.404 e. The number of aromatic nitrogens is 2. The molecular formula is C21H21BrN4O8S. The molecule has 0 unspecified atom stereocenters. The van der Waals surface area contributed by atoms with Crippen molar-refractivity contribution in [1.29, 1.82) is 0 Å². The van der Waals surface area contributed by atoms with Crippen molar-refractivity contribution in [1.82, 2.24) is 9.78 Å². The van der Waals surface area contributed by atoms with Crippen LogP contribution in [0.15, 0.2) is 27.2 Å². The molecule has 0 atom stereocenters. The van der Waals surface area contributed by atoms with E-state index >= 15 is 0 Å². The van der Waals surface area contributed by atoms with Gasteiger partial charge in [-0.3, -0.25) is 4.79 Å². The molecule has 14 heteroatoms. The van der Waals surface area contributed by atoms with Crippen LogP contribution in [0, 0.1) is 17.0 Å². The number of anilines is 1. The number of amides is 1. The summed E-state index contributed by atoms with van der Waals surface area (Å²) < 4.78 is 17.4. The Morgan fingerprint density at radius 2 is 2.03 bits per heavy atom. The van der Waals surface area contributed by atoms with Crippen molar-refractivity contribution in [3.05, 3.63) is 60.4 Å². The molecule has 3 aromatic heterocycles. The van der Waals surface area contributed by atoms with E-state index in [0.717, 1.165) is 11.3 Å². The highest BCUT2D eigenvalue weighted by Gasteiger charge is 2.29. The maximum Gasteiger partial charge on any atom is 0.404 e. The molecule has 1 amide bonds. The van der Waals surface area contributed by atoms with E-state index in [4.69, 9.17) is 13.9 Å². The van der Waals surface area contributed by atoms with E-state index in [2.05, 4.69) is 26.3 Å². The normalized spacial score (nSPS) is 10.9. The number of halogens is 1. The van der Waals surface area contributed by atoms with Crippen molar-refractivity contribution in [2.24, 2.45) is 0 Å². The number of hydrogen-bond acceptors (Lipinski definition) is 10. The fourth-order valence-electron chi connectivity index (χ4n) is 3.01. The van der Waals surface area contributed by atoms with Crippen molar-refractivity contribution < 1.29 is 33.2 Å². The third-order valence-electron chi connectivity index (χ3n) is 4.46. The number of esters is 2. The summed E-state index contributed by atoms with van der Waals surface area (Å²) in [7, 11) is 0. The van der Waals surface area contributed by atoms with E-state index in [9.17, 15) is 24.5 Å². The largest absolute Gasteiger partial charge is 0.462 e. The first-order valence-corrected chi connectivity index (χ1v) is 11.9. The first kappa shape index (κ1) is 26.1. The summed E-state index contributed by atoms with van der Waals surface area (Å²) in [5.74, 6) is -2.08. The van der Waals surface area contributed by atoms with E-state index in [1.807, 2.05) is 0 Å². The summed E-state index contributed by atoms with van der Waals surface area (Å²) in [6.45, 7) is 6.78. The number of hydrogen-bond donors (Lipinski definition) is 1. The van der Waals surface area contributed by atoms with Crippen LogP contribution in [0.3, 0.4) is 0 Å². The molecule has 0 bridgehead atoms. The van der Waals surface area contributed by atoms with Gasteiger partial charge in [0.2, 0.25) is 0 Å². The molecule has 0 aliphatic rings. The first-order valence-electron chi connectivity index (χ1n) is 10.3. The molecule has 0 saturated heterocycles. The molecular weight excluding hydrogens is 548 g/mol. The summed E-state index contributed by atoms with van der Waals surface area (Å²) in [5.41, 5.74) is 0.390. The van der Waals surface area contributed by atoms with Gasteiger partial charge in [-0.15, -0.1) is 11.3 Å². The molecule has 0 aliphatic carbocycles. The highest BCUT2D eigenvalue weighted by Crippen LogP contribution is 2.35. The first-order chi connectivity index (χ1) is 16.5. The molecule has 0 aliphatic heterocycles. The Kier molecular flexibility index (Phi) is 8.07. The fourth-order valence-corrected chi connectivity index (χ4v) is 4.56. The number of nitro groups is 1. The molecule has 0 spiro atoms. The van der Waals surface area contributed by atoms with Crippen molar-refractivity contribution in [2.75, 3.05) is 11.9 Å². The van der Waals surface area contributed by atoms with E-state index in [1.54, 1.807) is 27.7 Å². The molecule has 0 fully saturated rings. The zero-order valence-corrected chi connectivity index (χ0v) is 21.5. The minimum absolute atomic E-state index is 0.0385. The Hall–Kier alpha value is -3.52. The predicted molar refractivity (Wildman–Crippen MR) is 128 cm³/mol. The van der Waals surface area contributed by atoms with Crippen LogP contribution in [-0.4, -0.2) is 45.3 Å². The fraction of sp³-hybridized carbons (Fsp3) is 0.333. The zero-order chi connectivity index (χ0) is 25.9. The number of rotatable bonds is 9. The van der Waals surface area contributed by atoms with Gasteiger partial charge in [0.05, 0.1) is 29.6 Å². The Bertz CT molecular complexity index is 1290. The average molecular weight is 569 g/mol. The minimum Gasteiger partial charge on any atom is -0.462 e. The van der Waals surface area contributed by atoms with Gasteiger partial charge in [-0.25, -0.2) is 9.59 Å². The summed E-state index contributed by atoms with van der Waals surface area (Å²) in [6, 6.07) is 2.93. The Morgan fingerprint density at radius 3 is 2.63 bits per heavy atom. The second kappa shape index (κ2) is 10.8. The topological polar surface area (TPSA) is 156 Å². The van der Waals surface area contributed by atoms with Crippen LogP contribution in [0.2, 0.25) is 0 Å². The van der Waals surface area contributed by atoms with Crippen molar-refractivity contribution in [3.8, 4) is 0 Å². The van der Waals surface area contributed by atoms with Gasteiger partial charge in [0.15, 0.2) is 5.76 Å². The predicted octanol–water partition coefficient (Wildman–Crippen LogP) is 4.56. The van der Waals surface area contributed by atoms with Gasteiger partial charge in [-0.05, 0) is 66.2 Å². The van der Waals surface area contributed by atoms with Crippen LogP contribution in [0.1, 0.15) is 62.7 Å². The minimum atomic E-state index is -0.689. The Labute approximate surface area is 211 Å². The van der Waals surface area contributed by atoms with E-state index in [1.165, 1.54) is 23.0 Å². The number of carbonyl (C=O) groups is 3. The third-order valence-corrected chi connectivity index (χ3v) is 6.20. The molecule has 12 nitrogen and oxygen atoms in total. The van der Waals surface area contributed by atoms with Gasteiger partial charge in [-0.2, -0.15) is 4.68 Å². The molecule has 3 rings (SSSR count). The van der Waals surface area contributed by atoms with Gasteiger partial charge in [0.25, 0.3) is 5.91 Å². The van der Waals surface area contributed by atoms with Gasteiger partial charge >= 0.3 is 17.8 Å². The molecule has 0 radical (unpaired) electrons. The standard InChI is InChI=1S/C21H21BrN4O8S/c1-5-32-21(29)16-11(4)15(20(28)33-10(2)3)19(35-16)23-18(27)14-7-6-12(34-14)8-25-9-13(22)17(24-25)26(30)31/h6-7,9-10H,5,8H2,1-4H3,(H,23,27). The maximum absolute atomic E-state index is 12.9. The van der Waals surface area contributed by atoms with Gasteiger partial charge in [-0.1, -0.05) is 0 Å². The lowest BCUT2D eigenvalue weighted by atomic mass is 10.1. The molecule has 0 aromatic carbocycles. The number of carbonyl (C=O) groups excluding carboxylic acids is 3. The third kappa shape index (κ3) is 5.95. The van der Waals surface area contributed by atoms with Crippen LogP contribution in [-0.2, 0) is 16.0 Å². The monoisotopic (exact) mass is 568 g/mol. The summed E-state index contributed by atoms with van der Waals surface area (Å²) >= 11 is 3.97. The van der Waals surface area contributed by atoms with Crippen LogP contribution in [0.25, 0.3) is 0 Å². The number of furan rings is 1. The lowest BCUT2D eigenvalue weighted by Crippen LogP contribution is -2.16. The van der Waals surface area contributed by atoms with E-state index < -0.39 is 28.9 Å². The highest BCUT2D eigenvalue weighted by molar-refractivity contribution is 9.10. The van der Waals surface area contributed by atoms with Crippen LogP contribution >= 0.6 is 27.3 Å². The molecule has 186 valence electrons. The lowest BCUT2D eigenvalue weighted by Gasteiger charge is -2.10. The number of nitrogens with one attached hydrogen (secondary N) is 1. The lowest BCUT2D eigenvalue weighted by molar-refractivity contribution is -0.390. The maximum atomic E-state index is 12.9. The highest BCUT2D eigenvalue weighted by atomic mass is 79.9. The SMILES string of the molecule is CCOC(=O)c1sc(NC(=O)c2ccc(Cn3cc(Br)c([N+](=O)[O-])n3)o2)c(C(=O)OC(C)C)c1C. The van der Waals surface area contributed by atoms with Crippen LogP contribution in [0.4, 0.5) is 10.8 Å². The molecule has 3 heterocycles. The Balaban J connectivity index is 1.84.